The number of benzene rings is 3. The van der Waals surface area contributed by atoms with E-state index >= 15 is 0 Å². The van der Waals surface area contributed by atoms with Gasteiger partial charge in [-0.15, -0.1) is 0 Å². The van der Waals surface area contributed by atoms with Crippen LogP contribution >= 0.6 is 0 Å². The first-order chi connectivity index (χ1) is 19.9. The predicted octanol–water partition coefficient (Wildman–Crippen LogP) is 5.70. The van der Waals surface area contributed by atoms with Gasteiger partial charge < -0.3 is 19.9 Å². The summed E-state index contributed by atoms with van der Waals surface area (Å²) < 4.78 is 35.3. The fraction of sp³-hybridized carbons (Fsp3) is 0.394. The van der Waals surface area contributed by atoms with E-state index in [9.17, 15) is 23.1 Å². The van der Waals surface area contributed by atoms with E-state index in [4.69, 9.17) is 9.47 Å². The summed E-state index contributed by atoms with van der Waals surface area (Å²) in [5.74, 6) is -1.87. The number of amides is 1. The van der Waals surface area contributed by atoms with Crippen LogP contribution in [0.1, 0.15) is 71.8 Å². The first kappa shape index (κ1) is 33.0. The zero-order valence-corrected chi connectivity index (χ0v) is 25.7. The van der Waals surface area contributed by atoms with E-state index in [0.29, 0.717) is 24.7 Å². The molecule has 1 amide bonds. The monoisotopic (exact) mass is 595 g/mol. The summed E-state index contributed by atoms with van der Waals surface area (Å²) in [6, 6.07) is 19.9. The largest absolute Gasteiger partial charge is 0.480 e. The van der Waals surface area contributed by atoms with Crippen molar-refractivity contribution in [3.63, 3.8) is 0 Å². The average molecular weight is 596 g/mol. The molecule has 0 heterocycles. The second-order valence-corrected chi connectivity index (χ2v) is 13.0. The Morgan fingerprint density at radius 2 is 1.67 bits per heavy atom. The third-order valence-corrected chi connectivity index (χ3v) is 8.00. The minimum absolute atomic E-state index is 0.231. The number of sulfone groups is 1. The molecule has 0 radical (unpaired) electrons. The molecular formula is C33H41NO7S. The van der Waals surface area contributed by atoms with E-state index in [-0.39, 0.29) is 30.4 Å². The molecule has 3 aromatic rings. The topological polar surface area (TPSA) is 119 Å². The van der Waals surface area contributed by atoms with Crippen LogP contribution in [0.25, 0.3) is 11.1 Å². The summed E-state index contributed by atoms with van der Waals surface area (Å²) in [6.45, 7) is 9.39. The molecule has 0 saturated heterocycles. The van der Waals surface area contributed by atoms with Gasteiger partial charge in [-0.25, -0.2) is 13.2 Å². The van der Waals surface area contributed by atoms with Crippen LogP contribution in [0.2, 0.25) is 0 Å². The summed E-state index contributed by atoms with van der Waals surface area (Å²) in [7, 11) is -3.40. The van der Waals surface area contributed by atoms with Crippen LogP contribution < -0.4 is 5.32 Å². The highest BCUT2D eigenvalue weighted by atomic mass is 32.2. The van der Waals surface area contributed by atoms with Gasteiger partial charge in [0.2, 0.25) is 0 Å². The molecular weight excluding hydrogens is 554 g/mol. The number of carbonyl (C=O) groups excluding carboxylic acids is 1. The molecule has 0 aliphatic heterocycles. The summed E-state index contributed by atoms with van der Waals surface area (Å²) in [5, 5.41) is 12.1. The zero-order chi connectivity index (χ0) is 30.9. The number of carboxylic acid groups (broad SMARTS) is 1. The first-order valence-electron chi connectivity index (χ1n) is 14.1. The van der Waals surface area contributed by atoms with E-state index in [1.165, 1.54) is 5.56 Å². The van der Waals surface area contributed by atoms with Crippen molar-refractivity contribution >= 4 is 21.7 Å². The number of rotatable bonds is 15. The summed E-state index contributed by atoms with van der Waals surface area (Å²) in [6.07, 6.45) is 0.509. The number of hydrogen-bond donors (Lipinski definition) is 2. The normalized spacial score (nSPS) is 13.1. The van der Waals surface area contributed by atoms with Gasteiger partial charge in [0.1, 0.15) is 22.0 Å². The lowest BCUT2D eigenvalue weighted by Gasteiger charge is -2.21. The van der Waals surface area contributed by atoms with Gasteiger partial charge in [0.15, 0.2) is 0 Å². The lowest BCUT2D eigenvalue weighted by Crippen LogP contribution is -2.42. The fourth-order valence-corrected chi connectivity index (χ4v) is 5.25. The van der Waals surface area contributed by atoms with E-state index in [0.717, 1.165) is 28.5 Å². The van der Waals surface area contributed by atoms with Crippen molar-refractivity contribution in [2.45, 2.75) is 58.8 Å². The molecule has 226 valence electrons. The lowest BCUT2D eigenvalue weighted by atomic mass is 9.93. The van der Waals surface area contributed by atoms with Gasteiger partial charge in [-0.1, -0.05) is 68.4 Å². The molecule has 0 fully saturated rings. The molecule has 0 aromatic heterocycles. The third kappa shape index (κ3) is 9.51. The molecule has 3 rings (SSSR count). The minimum Gasteiger partial charge on any atom is -0.480 e. The van der Waals surface area contributed by atoms with Gasteiger partial charge in [-0.2, -0.15) is 0 Å². The molecule has 2 N–H and O–H groups in total. The van der Waals surface area contributed by atoms with Gasteiger partial charge in [-0.05, 0) is 71.7 Å². The number of carboxylic acids is 1. The molecule has 9 heteroatoms. The van der Waals surface area contributed by atoms with Crippen LogP contribution in [0, 0.1) is 6.92 Å². The minimum atomic E-state index is -3.40. The predicted molar refractivity (Wildman–Crippen MR) is 164 cm³/mol. The van der Waals surface area contributed by atoms with E-state index in [1.807, 2.05) is 56.3 Å². The van der Waals surface area contributed by atoms with Crippen LogP contribution in [0.3, 0.4) is 0 Å². The van der Waals surface area contributed by atoms with Crippen molar-refractivity contribution < 1.29 is 32.6 Å². The molecule has 3 aromatic carbocycles. The van der Waals surface area contributed by atoms with Gasteiger partial charge in [-0.3, -0.25) is 4.79 Å². The molecule has 0 aliphatic rings. The molecule has 42 heavy (non-hydrogen) atoms. The summed E-state index contributed by atoms with van der Waals surface area (Å²) >= 11 is 0. The summed E-state index contributed by atoms with van der Waals surface area (Å²) in [5.41, 5.74) is 5.75. The second kappa shape index (κ2) is 15.1. The quantitative estimate of drug-likeness (QED) is 0.231. The Kier molecular flexibility index (Phi) is 11.8. The number of aliphatic carboxylic acids is 1. The highest BCUT2D eigenvalue weighted by Crippen LogP contribution is 2.30. The Hall–Kier alpha value is -3.53. The van der Waals surface area contributed by atoms with Crippen LogP contribution in [-0.4, -0.2) is 56.7 Å². The lowest BCUT2D eigenvalue weighted by molar-refractivity contribution is -0.139. The first-order valence-corrected chi connectivity index (χ1v) is 16.1. The van der Waals surface area contributed by atoms with Gasteiger partial charge >= 0.3 is 5.97 Å². The van der Waals surface area contributed by atoms with Gasteiger partial charge in [0.05, 0.1) is 19.0 Å². The van der Waals surface area contributed by atoms with Crippen molar-refractivity contribution in [1.29, 1.82) is 0 Å². The van der Waals surface area contributed by atoms with Crippen molar-refractivity contribution in [2.24, 2.45) is 0 Å². The molecule has 0 bridgehead atoms. The van der Waals surface area contributed by atoms with E-state index in [1.54, 1.807) is 12.1 Å². The SMILES string of the molecule is CCOCC(OCc1ccc(C(=O)NC(CCS(C)(=O)=O)C(=O)O)c(-c2ccccc2C)c1)c1cccc(C(C)C)c1. The van der Waals surface area contributed by atoms with Crippen LogP contribution in [0.4, 0.5) is 0 Å². The third-order valence-electron chi connectivity index (χ3n) is 7.02. The smallest absolute Gasteiger partial charge is 0.326 e. The number of ether oxygens (including phenoxy) is 2. The number of hydrogen-bond acceptors (Lipinski definition) is 6. The molecule has 2 atom stereocenters. The highest BCUT2D eigenvalue weighted by Gasteiger charge is 2.24. The van der Waals surface area contributed by atoms with Crippen molar-refractivity contribution in [2.75, 3.05) is 25.2 Å². The molecule has 0 saturated carbocycles. The molecule has 8 nitrogen and oxygen atoms in total. The van der Waals surface area contributed by atoms with Crippen molar-refractivity contribution in [3.05, 3.63) is 94.5 Å². The van der Waals surface area contributed by atoms with E-state index < -0.39 is 27.8 Å². The maximum atomic E-state index is 13.4. The maximum Gasteiger partial charge on any atom is 0.326 e. The Morgan fingerprint density at radius 1 is 0.952 bits per heavy atom. The standard InChI is InChI=1S/C33H41NO7S/c1-6-40-21-31(26-12-9-11-25(19-26)22(2)3)41-20-24-14-15-28(29(18-24)27-13-8-7-10-23(27)4)32(35)34-30(33(36)37)16-17-42(5,38)39/h7-15,18-19,22,30-31H,6,16-17,20-21H2,1-5H3,(H,34,35)(H,36,37). The van der Waals surface area contributed by atoms with E-state index in [2.05, 4.69) is 31.3 Å². The number of aryl methyl sites for hydroxylation is 1. The van der Waals surface area contributed by atoms with Gasteiger partial charge in [0.25, 0.3) is 5.91 Å². The fourth-order valence-electron chi connectivity index (χ4n) is 4.58. The average Bonchev–Trinajstić information content (AvgIpc) is 2.94. The number of carbonyl (C=O) groups is 2. The van der Waals surface area contributed by atoms with Crippen LogP contribution in [0.5, 0.6) is 0 Å². The Labute approximate surface area is 249 Å². The van der Waals surface area contributed by atoms with Gasteiger partial charge in [0, 0.05) is 18.4 Å². The van der Waals surface area contributed by atoms with Crippen LogP contribution in [0.15, 0.2) is 66.7 Å². The zero-order valence-electron chi connectivity index (χ0n) is 24.9. The molecule has 0 aliphatic carbocycles. The van der Waals surface area contributed by atoms with Crippen LogP contribution in [-0.2, 0) is 30.7 Å². The second-order valence-electron chi connectivity index (χ2n) is 10.8. The summed E-state index contributed by atoms with van der Waals surface area (Å²) in [4.78, 5) is 25.2. The Balaban J connectivity index is 1.92. The number of nitrogens with one attached hydrogen (secondary N) is 1. The van der Waals surface area contributed by atoms with Crippen molar-refractivity contribution in [3.8, 4) is 11.1 Å². The highest BCUT2D eigenvalue weighted by molar-refractivity contribution is 7.90. The Morgan fingerprint density at radius 3 is 2.31 bits per heavy atom. The molecule has 2 unspecified atom stereocenters. The molecule has 0 spiro atoms. The maximum absolute atomic E-state index is 13.4. The van der Waals surface area contributed by atoms with Crippen molar-refractivity contribution in [1.82, 2.24) is 5.32 Å². The Bertz CT molecular complexity index is 1480.